The monoisotopic (exact) mass is 381 g/mol. The van der Waals surface area contributed by atoms with Gasteiger partial charge in [-0.1, -0.05) is 51.1 Å². The highest BCUT2D eigenvalue weighted by atomic mass is 16.6. The van der Waals surface area contributed by atoms with Gasteiger partial charge in [0.15, 0.2) is 6.61 Å². The van der Waals surface area contributed by atoms with Gasteiger partial charge < -0.3 is 9.47 Å². The average molecular weight is 381 g/mol. The van der Waals surface area contributed by atoms with Crippen LogP contribution in [0.3, 0.4) is 0 Å². The van der Waals surface area contributed by atoms with Crippen LogP contribution in [0.1, 0.15) is 47.1 Å². The molecule has 28 heavy (non-hydrogen) atoms. The number of esters is 1. The highest BCUT2D eigenvalue weighted by molar-refractivity contribution is 6.21. The lowest BCUT2D eigenvalue weighted by Gasteiger charge is -2.22. The third-order valence-electron chi connectivity index (χ3n) is 4.50. The molecule has 1 aliphatic rings. The molecule has 0 unspecified atom stereocenters. The van der Waals surface area contributed by atoms with E-state index in [2.05, 4.69) is 20.8 Å². The maximum absolute atomic E-state index is 12.3. The van der Waals surface area contributed by atoms with Crippen molar-refractivity contribution in [1.82, 2.24) is 4.90 Å². The van der Waals surface area contributed by atoms with Crippen molar-refractivity contribution >= 4 is 17.8 Å². The van der Waals surface area contributed by atoms with Crippen LogP contribution >= 0.6 is 0 Å². The Balaban J connectivity index is 1.50. The van der Waals surface area contributed by atoms with Gasteiger partial charge in [0, 0.05) is 0 Å². The Bertz CT molecular complexity index is 878. The predicted octanol–water partition coefficient (Wildman–Crippen LogP) is 3.20. The quantitative estimate of drug-likeness (QED) is 0.568. The number of nitrogens with zero attached hydrogens (tertiary/aromatic N) is 1. The number of carbonyl (C=O) groups is 3. The Morgan fingerprint density at radius 3 is 2.11 bits per heavy atom. The van der Waals surface area contributed by atoms with E-state index < -0.39 is 5.97 Å². The van der Waals surface area contributed by atoms with Crippen molar-refractivity contribution < 1.29 is 23.9 Å². The Labute approximate surface area is 164 Å². The summed E-state index contributed by atoms with van der Waals surface area (Å²) in [6.07, 6.45) is 0. The van der Waals surface area contributed by atoms with Crippen LogP contribution < -0.4 is 4.74 Å². The number of imide groups is 1. The Morgan fingerprint density at radius 2 is 1.50 bits per heavy atom. The molecule has 0 spiro atoms. The fourth-order valence-corrected chi connectivity index (χ4v) is 3.08. The van der Waals surface area contributed by atoms with Crippen molar-refractivity contribution in [2.24, 2.45) is 0 Å². The van der Waals surface area contributed by atoms with Crippen molar-refractivity contribution in [2.45, 2.75) is 26.2 Å². The number of para-hydroxylation sites is 1. The lowest BCUT2D eigenvalue weighted by atomic mass is 9.86. The zero-order chi connectivity index (χ0) is 20.3. The molecule has 0 aromatic heterocycles. The molecule has 0 bridgehead atoms. The first-order chi connectivity index (χ1) is 13.3. The number of ether oxygens (including phenoxy) is 2. The molecule has 0 atom stereocenters. The van der Waals surface area contributed by atoms with Crippen molar-refractivity contribution in [3.63, 3.8) is 0 Å². The van der Waals surface area contributed by atoms with Crippen molar-refractivity contribution in [1.29, 1.82) is 0 Å². The largest absolute Gasteiger partial charge is 0.482 e. The second kappa shape index (κ2) is 7.84. The normalized spacial score (nSPS) is 13.5. The lowest BCUT2D eigenvalue weighted by molar-refractivity contribution is -0.146. The SMILES string of the molecule is CC(C)(C)c1ccccc1OCC(=O)OCCN1C(=O)c2ccccc2C1=O. The van der Waals surface area contributed by atoms with Gasteiger partial charge in [0.25, 0.3) is 11.8 Å². The third kappa shape index (κ3) is 4.06. The molecule has 146 valence electrons. The summed E-state index contributed by atoms with van der Waals surface area (Å²) in [4.78, 5) is 37.6. The molecule has 0 aliphatic carbocycles. The summed E-state index contributed by atoms with van der Waals surface area (Å²) in [5.41, 5.74) is 1.63. The number of benzene rings is 2. The van der Waals surface area contributed by atoms with Gasteiger partial charge in [0.05, 0.1) is 17.7 Å². The van der Waals surface area contributed by atoms with Gasteiger partial charge in [-0.2, -0.15) is 0 Å². The third-order valence-corrected chi connectivity index (χ3v) is 4.50. The van der Waals surface area contributed by atoms with Crippen LogP contribution in [0.4, 0.5) is 0 Å². The molecule has 0 saturated heterocycles. The number of amides is 2. The minimum Gasteiger partial charge on any atom is -0.482 e. The molecule has 6 nitrogen and oxygen atoms in total. The smallest absolute Gasteiger partial charge is 0.344 e. The van der Waals surface area contributed by atoms with Gasteiger partial charge in [-0.25, -0.2) is 4.79 Å². The second-order valence-electron chi connectivity index (χ2n) is 7.56. The number of rotatable bonds is 6. The molecular formula is C22H23NO5. The fraction of sp³-hybridized carbons (Fsp3) is 0.318. The molecule has 6 heteroatoms. The topological polar surface area (TPSA) is 72.9 Å². The first-order valence-electron chi connectivity index (χ1n) is 9.12. The van der Waals surface area contributed by atoms with Gasteiger partial charge in [-0.05, 0) is 29.2 Å². The van der Waals surface area contributed by atoms with Gasteiger partial charge in [-0.15, -0.1) is 0 Å². The van der Waals surface area contributed by atoms with Gasteiger partial charge in [0.1, 0.15) is 12.4 Å². The summed E-state index contributed by atoms with van der Waals surface area (Å²) in [5.74, 6) is -0.661. The Morgan fingerprint density at radius 1 is 0.929 bits per heavy atom. The highest BCUT2D eigenvalue weighted by Crippen LogP contribution is 2.30. The number of hydrogen-bond acceptors (Lipinski definition) is 5. The zero-order valence-electron chi connectivity index (χ0n) is 16.2. The van der Waals surface area contributed by atoms with Crippen LogP contribution in [0.25, 0.3) is 0 Å². The van der Waals surface area contributed by atoms with E-state index in [1.807, 2.05) is 24.3 Å². The molecule has 0 fully saturated rings. The Hall–Kier alpha value is -3.15. The van der Waals surface area contributed by atoms with E-state index in [0.717, 1.165) is 10.5 Å². The summed E-state index contributed by atoms with van der Waals surface area (Å²) < 4.78 is 10.8. The van der Waals surface area contributed by atoms with Crippen LogP contribution in [0.5, 0.6) is 5.75 Å². The van der Waals surface area contributed by atoms with E-state index in [9.17, 15) is 14.4 Å². The molecule has 1 aliphatic heterocycles. The standard InChI is InChI=1S/C22H23NO5/c1-22(2,3)17-10-6-7-11-18(17)28-14-19(24)27-13-12-23-20(25)15-8-4-5-9-16(15)21(23)26/h4-11H,12-14H2,1-3H3. The van der Waals surface area contributed by atoms with Crippen LogP contribution in [0, 0.1) is 0 Å². The van der Waals surface area contributed by atoms with Gasteiger partial charge >= 0.3 is 5.97 Å². The van der Waals surface area contributed by atoms with Gasteiger partial charge in [0.2, 0.25) is 0 Å². The summed E-state index contributed by atoms with van der Waals surface area (Å²) in [6.45, 7) is 5.89. The predicted molar refractivity (Wildman–Crippen MR) is 103 cm³/mol. The average Bonchev–Trinajstić information content (AvgIpc) is 2.91. The lowest BCUT2D eigenvalue weighted by Crippen LogP contribution is -2.34. The summed E-state index contributed by atoms with van der Waals surface area (Å²) >= 11 is 0. The first-order valence-corrected chi connectivity index (χ1v) is 9.12. The van der Waals surface area contributed by atoms with E-state index in [-0.39, 0.29) is 37.0 Å². The summed E-state index contributed by atoms with van der Waals surface area (Å²) in [7, 11) is 0. The summed E-state index contributed by atoms with van der Waals surface area (Å²) in [5, 5.41) is 0. The fourth-order valence-electron chi connectivity index (χ4n) is 3.08. The Kier molecular flexibility index (Phi) is 5.49. The maximum Gasteiger partial charge on any atom is 0.344 e. The molecular weight excluding hydrogens is 358 g/mol. The zero-order valence-corrected chi connectivity index (χ0v) is 16.2. The van der Waals surface area contributed by atoms with Crippen LogP contribution in [-0.4, -0.2) is 42.4 Å². The van der Waals surface area contributed by atoms with E-state index in [4.69, 9.17) is 9.47 Å². The molecule has 0 N–H and O–H groups in total. The van der Waals surface area contributed by atoms with Crippen molar-refractivity contribution in [2.75, 3.05) is 19.8 Å². The number of fused-ring (bicyclic) bond motifs is 1. The molecule has 3 rings (SSSR count). The molecule has 2 amide bonds. The first kappa shape index (κ1) is 19.6. The molecule has 0 saturated carbocycles. The molecule has 2 aromatic carbocycles. The van der Waals surface area contributed by atoms with E-state index in [1.54, 1.807) is 24.3 Å². The summed E-state index contributed by atoms with van der Waals surface area (Å²) in [6, 6.07) is 14.2. The van der Waals surface area contributed by atoms with E-state index in [0.29, 0.717) is 16.9 Å². The second-order valence-corrected chi connectivity index (χ2v) is 7.56. The molecule has 1 heterocycles. The molecule has 2 aromatic rings. The van der Waals surface area contributed by atoms with E-state index >= 15 is 0 Å². The van der Waals surface area contributed by atoms with E-state index in [1.165, 1.54) is 0 Å². The minimum absolute atomic E-state index is 0.0106. The molecule has 0 radical (unpaired) electrons. The van der Waals surface area contributed by atoms with Crippen LogP contribution in [0.2, 0.25) is 0 Å². The maximum atomic E-state index is 12.3. The van der Waals surface area contributed by atoms with Crippen molar-refractivity contribution in [3.05, 3.63) is 65.2 Å². The van der Waals surface area contributed by atoms with Gasteiger partial charge in [-0.3, -0.25) is 14.5 Å². The minimum atomic E-state index is -0.555. The van der Waals surface area contributed by atoms with Crippen LogP contribution in [0.15, 0.2) is 48.5 Å². The van der Waals surface area contributed by atoms with Crippen LogP contribution in [-0.2, 0) is 14.9 Å². The number of carbonyl (C=O) groups excluding carboxylic acids is 3. The number of hydrogen-bond donors (Lipinski definition) is 0. The highest BCUT2D eigenvalue weighted by Gasteiger charge is 2.34. The van der Waals surface area contributed by atoms with Crippen molar-refractivity contribution in [3.8, 4) is 5.75 Å².